The Morgan fingerprint density at radius 1 is 1.42 bits per heavy atom. The SMILES string of the molecule is CCCOc1cc(NC(C)c2ccc(Cl)s2)ncn1. The minimum absolute atomic E-state index is 0.145. The Balaban J connectivity index is 2.02. The lowest BCUT2D eigenvalue weighted by Crippen LogP contribution is -2.07. The fraction of sp³-hybridized carbons (Fsp3) is 0.385. The second-order valence-electron chi connectivity index (χ2n) is 4.10. The Bertz CT molecular complexity index is 532. The molecule has 1 unspecified atom stereocenters. The maximum Gasteiger partial charge on any atom is 0.218 e. The average Bonchev–Trinajstić information content (AvgIpc) is 2.83. The summed E-state index contributed by atoms with van der Waals surface area (Å²) in [6.45, 7) is 4.78. The van der Waals surface area contributed by atoms with Crippen molar-refractivity contribution in [3.8, 4) is 5.88 Å². The van der Waals surface area contributed by atoms with E-state index in [1.165, 1.54) is 11.2 Å². The van der Waals surface area contributed by atoms with E-state index in [1.807, 2.05) is 12.1 Å². The Morgan fingerprint density at radius 2 is 2.26 bits per heavy atom. The topological polar surface area (TPSA) is 47.0 Å². The van der Waals surface area contributed by atoms with Gasteiger partial charge in [-0.3, -0.25) is 0 Å². The lowest BCUT2D eigenvalue weighted by molar-refractivity contribution is 0.305. The summed E-state index contributed by atoms with van der Waals surface area (Å²) in [7, 11) is 0. The summed E-state index contributed by atoms with van der Waals surface area (Å²) in [6.07, 6.45) is 2.46. The normalized spacial score (nSPS) is 12.2. The molecule has 0 fully saturated rings. The predicted molar refractivity (Wildman–Crippen MR) is 79.2 cm³/mol. The maximum absolute atomic E-state index is 5.94. The van der Waals surface area contributed by atoms with Crippen molar-refractivity contribution in [1.82, 2.24) is 9.97 Å². The van der Waals surface area contributed by atoms with Crippen LogP contribution in [-0.2, 0) is 0 Å². The van der Waals surface area contributed by atoms with E-state index in [0.717, 1.165) is 16.6 Å². The van der Waals surface area contributed by atoms with Crippen LogP contribution < -0.4 is 10.1 Å². The summed E-state index contributed by atoms with van der Waals surface area (Å²) < 4.78 is 6.27. The van der Waals surface area contributed by atoms with Gasteiger partial charge in [-0.25, -0.2) is 9.97 Å². The van der Waals surface area contributed by atoms with Gasteiger partial charge in [0.15, 0.2) is 0 Å². The zero-order chi connectivity index (χ0) is 13.7. The van der Waals surface area contributed by atoms with Gasteiger partial charge >= 0.3 is 0 Å². The Kier molecular flexibility index (Phi) is 4.99. The van der Waals surface area contributed by atoms with Crippen molar-refractivity contribution in [2.45, 2.75) is 26.3 Å². The highest BCUT2D eigenvalue weighted by molar-refractivity contribution is 7.16. The number of anilines is 1. The average molecular weight is 298 g/mol. The summed E-state index contributed by atoms with van der Waals surface area (Å²) in [5, 5.41) is 3.31. The third-order valence-electron chi connectivity index (χ3n) is 2.48. The molecule has 1 N–H and O–H groups in total. The molecule has 2 heterocycles. The Morgan fingerprint density at radius 3 is 2.95 bits per heavy atom. The Labute approximate surface area is 121 Å². The number of nitrogens with zero attached hydrogens (tertiary/aromatic N) is 2. The quantitative estimate of drug-likeness (QED) is 0.870. The molecule has 1 atom stereocenters. The van der Waals surface area contributed by atoms with Crippen molar-refractivity contribution in [2.24, 2.45) is 0 Å². The third-order valence-corrected chi connectivity index (χ3v) is 3.90. The largest absolute Gasteiger partial charge is 0.478 e. The van der Waals surface area contributed by atoms with Crippen LogP contribution in [0.4, 0.5) is 5.82 Å². The van der Waals surface area contributed by atoms with E-state index >= 15 is 0 Å². The molecule has 102 valence electrons. The van der Waals surface area contributed by atoms with Crippen molar-refractivity contribution < 1.29 is 4.74 Å². The van der Waals surface area contributed by atoms with Crippen molar-refractivity contribution in [2.75, 3.05) is 11.9 Å². The van der Waals surface area contributed by atoms with E-state index in [2.05, 4.69) is 29.1 Å². The summed E-state index contributed by atoms with van der Waals surface area (Å²) in [4.78, 5) is 9.42. The van der Waals surface area contributed by atoms with E-state index in [4.69, 9.17) is 16.3 Å². The molecular formula is C13H16ClN3OS. The van der Waals surface area contributed by atoms with Crippen molar-refractivity contribution in [1.29, 1.82) is 0 Å². The summed E-state index contributed by atoms with van der Waals surface area (Å²) in [5.41, 5.74) is 0. The van der Waals surface area contributed by atoms with Crippen LogP contribution in [-0.4, -0.2) is 16.6 Å². The molecule has 0 radical (unpaired) electrons. The molecule has 19 heavy (non-hydrogen) atoms. The molecular weight excluding hydrogens is 282 g/mol. The first-order valence-electron chi connectivity index (χ1n) is 6.15. The molecule has 0 saturated carbocycles. The van der Waals surface area contributed by atoms with Gasteiger partial charge in [0.1, 0.15) is 12.1 Å². The van der Waals surface area contributed by atoms with Crippen LogP contribution in [0.25, 0.3) is 0 Å². The number of thiophene rings is 1. The van der Waals surface area contributed by atoms with Gasteiger partial charge in [0.05, 0.1) is 17.0 Å². The molecule has 0 bridgehead atoms. The van der Waals surface area contributed by atoms with Crippen LogP contribution in [0.3, 0.4) is 0 Å². The van der Waals surface area contributed by atoms with Gasteiger partial charge in [0, 0.05) is 10.9 Å². The van der Waals surface area contributed by atoms with Gasteiger partial charge in [-0.15, -0.1) is 11.3 Å². The van der Waals surface area contributed by atoms with E-state index in [0.29, 0.717) is 12.5 Å². The highest BCUT2D eigenvalue weighted by Gasteiger charge is 2.09. The van der Waals surface area contributed by atoms with E-state index < -0.39 is 0 Å². The molecule has 0 aromatic carbocycles. The highest BCUT2D eigenvalue weighted by Crippen LogP contribution is 2.28. The molecule has 6 heteroatoms. The van der Waals surface area contributed by atoms with Gasteiger partial charge in [-0.2, -0.15) is 0 Å². The number of hydrogen-bond acceptors (Lipinski definition) is 5. The molecule has 2 rings (SSSR count). The molecule has 0 aliphatic heterocycles. The van der Waals surface area contributed by atoms with Crippen LogP contribution in [0.2, 0.25) is 4.34 Å². The predicted octanol–water partition coefficient (Wildman–Crippen LogP) is 4.15. The van der Waals surface area contributed by atoms with Gasteiger partial charge < -0.3 is 10.1 Å². The number of aromatic nitrogens is 2. The van der Waals surface area contributed by atoms with Gasteiger partial charge in [-0.1, -0.05) is 18.5 Å². The second-order valence-corrected chi connectivity index (χ2v) is 5.84. The molecule has 2 aromatic rings. The monoisotopic (exact) mass is 297 g/mol. The minimum Gasteiger partial charge on any atom is -0.478 e. The van der Waals surface area contributed by atoms with Crippen molar-refractivity contribution in [3.05, 3.63) is 33.7 Å². The van der Waals surface area contributed by atoms with Crippen molar-refractivity contribution in [3.63, 3.8) is 0 Å². The molecule has 2 aromatic heterocycles. The summed E-state index contributed by atoms with van der Waals surface area (Å²) in [5.74, 6) is 1.34. The minimum atomic E-state index is 0.145. The lowest BCUT2D eigenvalue weighted by atomic mass is 10.3. The van der Waals surface area contributed by atoms with Crippen LogP contribution in [0.5, 0.6) is 5.88 Å². The zero-order valence-corrected chi connectivity index (χ0v) is 12.5. The van der Waals surface area contributed by atoms with Crippen molar-refractivity contribution >= 4 is 28.8 Å². The first-order valence-corrected chi connectivity index (χ1v) is 7.35. The maximum atomic E-state index is 5.94. The number of rotatable bonds is 6. The fourth-order valence-corrected chi connectivity index (χ4v) is 2.62. The molecule has 0 spiro atoms. The lowest BCUT2D eigenvalue weighted by Gasteiger charge is -2.13. The first-order chi connectivity index (χ1) is 9.19. The number of hydrogen-bond donors (Lipinski definition) is 1. The molecule has 0 aliphatic rings. The van der Waals surface area contributed by atoms with Crippen LogP contribution >= 0.6 is 22.9 Å². The van der Waals surface area contributed by atoms with Gasteiger partial charge in [-0.05, 0) is 25.5 Å². The van der Waals surface area contributed by atoms with Gasteiger partial charge in [0.25, 0.3) is 0 Å². The molecule has 0 amide bonds. The smallest absolute Gasteiger partial charge is 0.218 e. The van der Waals surface area contributed by atoms with E-state index in [1.54, 1.807) is 17.4 Å². The number of halogens is 1. The van der Waals surface area contributed by atoms with Crippen LogP contribution in [0, 0.1) is 0 Å². The highest BCUT2D eigenvalue weighted by atomic mass is 35.5. The Hall–Kier alpha value is -1.33. The number of ether oxygens (including phenoxy) is 1. The van der Waals surface area contributed by atoms with Crippen LogP contribution in [0.1, 0.15) is 31.2 Å². The molecule has 0 saturated heterocycles. The zero-order valence-electron chi connectivity index (χ0n) is 10.9. The summed E-state index contributed by atoms with van der Waals surface area (Å²) >= 11 is 7.50. The molecule has 0 aliphatic carbocycles. The standard InChI is InChI=1S/C13H16ClN3OS/c1-3-6-18-13-7-12(15-8-16-13)17-9(2)10-4-5-11(14)19-10/h4-5,7-9H,3,6H2,1-2H3,(H,15,16,17). The summed E-state index contributed by atoms with van der Waals surface area (Å²) in [6, 6.07) is 5.86. The van der Waals surface area contributed by atoms with E-state index in [-0.39, 0.29) is 6.04 Å². The fourth-order valence-electron chi connectivity index (χ4n) is 1.56. The number of nitrogens with one attached hydrogen (secondary N) is 1. The third kappa shape index (κ3) is 4.08. The second kappa shape index (κ2) is 6.73. The first kappa shape index (κ1) is 14.1. The molecule has 4 nitrogen and oxygen atoms in total. The van der Waals surface area contributed by atoms with Crippen LogP contribution in [0.15, 0.2) is 24.5 Å². The van der Waals surface area contributed by atoms with Gasteiger partial charge in [0.2, 0.25) is 5.88 Å². The van der Waals surface area contributed by atoms with E-state index in [9.17, 15) is 0 Å².